The molecule has 0 fully saturated rings. The SMILES string of the molecule is Cc1cc2c(=O)n(-c3cccs3)c(=O)c3cc(-c4sc(-c5cc(C)c(C)s5)cc4C)sc3c2s1. The highest BCUT2D eigenvalue weighted by molar-refractivity contribution is 7.31. The van der Waals surface area contributed by atoms with Crippen molar-refractivity contribution in [3.63, 3.8) is 0 Å². The Kier molecular flexibility index (Phi) is 5.27. The quantitative estimate of drug-likeness (QED) is 0.227. The maximum Gasteiger partial charge on any atom is 0.267 e. The molecule has 6 heterocycles. The van der Waals surface area contributed by atoms with E-state index in [-0.39, 0.29) is 11.1 Å². The van der Waals surface area contributed by atoms with Gasteiger partial charge in [0, 0.05) is 29.3 Å². The van der Waals surface area contributed by atoms with Crippen LogP contribution in [0.1, 0.15) is 20.9 Å². The van der Waals surface area contributed by atoms with Crippen LogP contribution in [0.2, 0.25) is 0 Å². The molecule has 0 atom stereocenters. The topological polar surface area (TPSA) is 39.1 Å². The van der Waals surface area contributed by atoms with Crippen molar-refractivity contribution in [3.8, 4) is 24.5 Å². The predicted molar refractivity (Wildman–Crippen MR) is 153 cm³/mol. The molecule has 8 heteroatoms. The van der Waals surface area contributed by atoms with Crippen molar-refractivity contribution in [3.05, 3.63) is 83.4 Å². The van der Waals surface area contributed by atoms with Crippen LogP contribution in [0, 0.1) is 27.7 Å². The van der Waals surface area contributed by atoms with Gasteiger partial charge in [0.1, 0.15) is 5.00 Å². The molecule has 0 saturated carbocycles. The fourth-order valence-electron chi connectivity index (χ4n) is 4.15. The Bertz CT molecular complexity index is 1820. The molecule has 6 aromatic rings. The van der Waals surface area contributed by atoms with Gasteiger partial charge in [0.2, 0.25) is 0 Å². The molecule has 170 valence electrons. The van der Waals surface area contributed by atoms with Gasteiger partial charge in [-0.25, -0.2) is 4.57 Å². The summed E-state index contributed by atoms with van der Waals surface area (Å²) >= 11 is 8.22. The van der Waals surface area contributed by atoms with E-state index >= 15 is 0 Å². The van der Waals surface area contributed by atoms with E-state index in [1.54, 1.807) is 34.0 Å². The lowest BCUT2D eigenvalue weighted by molar-refractivity contribution is 0.999. The molecule has 0 N–H and O–H groups in total. The van der Waals surface area contributed by atoms with Gasteiger partial charge >= 0.3 is 0 Å². The van der Waals surface area contributed by atoms with Gasteiger partial charge in [-0.2, -0.15) is 0 Å². The highest BCUT2D eigenvalue weighted by Crippen LogP contribution is 2.45. The van der Waals surface area contributed by atoms with E-state index < -0.39 is 0 Å². The Hall–Kier alpha value is -2.36. The number of aromatic nitrogens is 1. The lowest BCUT2D eigenvalue weighted by Crippen LogP contribution is -2.27. The number of hydrogen-bond acceptors (Lipinski definition) is 7. The van der Waals surface area contributed by atoms with E-state index in [1.165, 1.54) is 46.5 Å². The second kappa shape index (κ2) is 8.10. The van der Waals surface area contributed by atoms with Crippen molar-refractivity contribution < 1.29 is 0 Å². The molecule has 0 saturated heterocycles. The van der Waals surface area contributed by atoms with Gasteiger partial charge in [-0.15, -0.1) is 56.7 Å². The number of fused-ring (bicyclic) bond motifs is 3. The van der Waals surface area contributed by atoms with Crippen LogP contribution < -0.4 is 11.1 Å². The van der Waals surface area contributed by atoms with Gasteiger partial charge in [-0.3, -0.25) is 9.59 Å². The molecule has 0 bridgehead atoms. The molecule has 0 aliphatic rings. The van der Waals surface area contributed by atoms with Crippen molar-refractivity contribution in [2.45, 2.75) is 27.7 Å². The zero-order chi connectivity index (χ0) is 23.7. The molecular weight excluding hydrogens is 519 g/mol. The molecular formula is C26H19NO2S5. The van der Waals surface area contributed by atoms with Crippen LogP contribution in [0.3, 0.4) is 0 Å². The first-order chi connectivity index (χ1) is 16.3. The summed E-state index contributed by atoms with van der Waals surface area (Å²) in [7, 11) is 0. The third-order valence-electron chi connectivity index (χ3n) is 5.94. The molecule has 34 heavy (non-hydrogen) atoms. The highest BCUT2D eigenvalue weighted by Gasteiger charge is 2.20. The van der Waals surface area contributed by atoms with Crippen molar-refractivity contribution >= 4 is 76.9 Å². The smallest absolute Gasteiger partial charge is 0.267 e. The van der Waals surface area contributed by atoms with Gasteiger partial charge in [0.15, 0.2) is 0 Å². The summed E-state index contributed by atoms with van der Waals surface area (Å²) in [5.41, 5.74) is 2.04. The molecule has 0 aromatic carbocycles. The number of hydrogen-bond donors (Lipinski definition) is 0. The summed E-state index contributed by atoms with van der Waals surface area (Å²) in [6.07, 6.45) is 0. The van der Waals surface area contributed by atoms with Gasteiger partial charge < -0.3 is 0 Å². The van der Waals surface area contributed by atoms with Gasteiger partial charge in [-0.05, 0) is 80.6 Å². The fourth-order valence-corrected chi connectivity index (χ4v) is 9.63. The second-order valence-electron chi connectivity index (χ2n) is 8.32. The molecule has 6 rings (SSSR count). The van der Waals surface area contributed by atoms with E-state index in [4.69, 9.17) is 0 Å². The standard InChI is InChI=1S/C26H19NO2S5/c1-12-8-18(32-15(12)4)19-9-13(2)22(33-19)20-11-17-24(34-20)23-16(10-14(3)31-23)25(28)27(26(17)29)21-6-5-7-30-21/h5-11H,1-4H3. The normalized spacial score (nSPS) is 11.8. The summed E-state index contributed by atoms with van der Waals surface area (Å²) in [4.78, 5) is 34.4. The van der Waals surface area contributed by atoms with Crippen molar-refractivity contribution in [2.24, 2.45) is 0 Å². The maximum atomic E-state index is 13.7. The minimum absolute atomic E-state index is 0.241. The van der Waals surface area contributed by atoms with E-state index in [2.05, 4.69) is 32.9 Å². The van der Waals surface area contributed by atoms with Crippen LogP contribution in [-0.2, 0) is 0 Å². The monoisotopic (exact) mass is 537 g/mol. The minimum atomic E-state index is -0.245. The first-order valence-corrected chi connectivity index (χ1v) is 14.8. The van der Waals surface area contributed by atoms with Crippen molar-refractivity contribution in [2.75, 3.05) is 0 Å². The first-order valence-electron chi connectivity index (χ1n) is 10.7. The Morgan fingerprint density at radius 1 is 0.706 bits per heavy atom. The number of nitrogens with zero attached hydrogens (tertiary/aromatic N) is 1. The first kappa shape index (κ1) is 22.1. The molecule has 0 unspecified atom stereocenters. The third kappa shape index (κ3) is 3.39. The maximum absolute atomic E-state index is 13.7. The second-order valence-corrected chi connectivity index (χ2v) is 13.9. The average molecular weight is 538 g/mol. The van der Waals surface area contributed by atoms with Crippen LogP contribution in [0.25, 0.3) is 44.7 Å². The van der Waals surface area contributed by atoms with Crippen LogP contribution >= 0.6 is 56.7 Å². The largest absolute Gasteiger partial charge is 0.268 e. The molecule has 0 spiro atoms. The van der Waals surface area contributed by atoms with Crippen molar-refractivity contribution in [1.29, 1.82) is 0 Å². The number of rotatable bonds is 3. The third-order valence-corrected chi connectivity index (χ3v) is 11.9. The molecule has 0 amide bonds. The Balaban J connectivity index is 1.65. The van der Waals surface area contributed by atoms with Gasteiger partial charge in [0.25, 0.3) is 11.1 Å². The number of aryl methyl sites for hydroxylation is 4. The van der Waals surface area contributed by atoms with Crippen LogP contribution in [-0.4, -0.2) is 4.57 Å². The van der Waals surface area contributed by atoms with Gasteiger partial charge in [0.05, 0.1) is 20.2 Å². The van der Waals surface area contributed by atoms with E-state index in [0.29, 0.717) is 15.8 Å². The molecule has 0 radical (unpaired) electrons. The predicted octanol–water partition coefficient (Wildman–Crippen LogP) is 8.38. The average Bonchev–Trinajstić information content (AvgIpc) is 3.59. The zero-order valence-corrected chi connectivity index (χ0v) is 22.9. The lowest BCUT2D eigenvalue weighted by atomic mass is 10.2. The van der Waals surface area contributed by atoms with Crippen molar-refractivity contribution in [1.82, 2.24) is 4.57 Å². The summed E-state index contributed by atoms with van der Waals surface area (Å²) in [6, 6.07) is 12.1. The molecule has 0 aliphatic heterocycles. The van der Waals surface area contributed by atoms with Crippen LogP contribution in [0.5, 0.6) is 0 Å². The Morgan fingerprint density at radius 3 is 2.06 bits per heavy atom. The zero-order valence-electron chi connectivity index (χ0n) is 18.8. The lowest BCUT2D eigenvalue weighted by Gasteiger charge is -1.97. The number of thiophene rings is 5. The molecule has 6 aromatic heterocycles. The Labute approximate surface area is 215 Å². The van der Waals surface area contributed by atoms with E-state index in [0.717, 1.165) is 19.2 Å². The summed E-state index contributed by atoms with van der Waals surface area (Å²) < 4.78 is 3.15. The Morgan fingerprint density at radius 2 is 1.38 bits per heavy atom. The highest BCUT2D eigenvalue weighted by atomic mass is 32.1. The summed E-state index contributed by atoms with van der Waals surface area (Å²) in [5, 5.41) is 3.78. The summed E-state index contributed by atoms with van der Waals surface area (Å²) in [6.45, 7) is 8.46. The van der Waals surface area contributed by atoms with Crippen LogP contribution in [0.15, 0.2) is 51.4 Å². The van der Waals surface area contributed by atoms with Gasteiger partial charge in [-0.1, -0.05) is 0 Å². The summed E-state index contributed by atoms with van der Waals surface area (Å²) in [5.74, 6) is 0. The van der Waals surface area contributed by atoms with Crippen LogP contribution in [0.4, 0.5) is 0 Å². The molecule has 3 nitrogen and oxygen atoms in total. The van der Waals surface area contributed by atoms with E-state index in [9.17, 15) is 9.59 Å². The molecule has 0 aliphatic carbocycles. The minimum Gasteiger partial charge on any atom is -0.268 e. The fraction of sp³-hybridized carbons (Fsp3) is 0.154. The van der Waals surface area contributed by atoms with E-state index in [1.807, 2.05) is 47.9 Å².